The van der Waals surface area contributed by atoms with Crippen LogP contribution in [0.15, 0.2) is 5.16 Å². The van der Waals surface area contributed by atoms with Gasteiger partial charge in [0.1, 0.15) is 0 Å². The maximum Gasteiger partial charge on any atom is 0.156 e. The van der Waals surface area contributed by atoms with Crippen molar-refractivity contribution in [2.45, 2.75) is 52.0 Å². The van der Waals surface area contributed by atoms with Crippen LogP contribution in [-0.2, 0) is 0 Å². The maximum absolute atomic E-state index is 8.81. The average molecular weight is 270 g/mol. The zero-order valence-electron chi connectivity index (χ0n) is 12.5. The van der Waals surface area contributed by atoms with Gasteiger partial charge in [0.15, 0.2) is 5.84 Å². The Labute approximate surface area is 117 Å². The Morgan fingerprint density at radius 3 is 2.37 bits per heavy atom. The molecule has 1 fully saturated rings. The van der Waals surface area contributed by atoms with Crippen LogP contribution in [0.1, 0.15) is 46.0 Å². The fourth-order valence-electron chi connectivity index (χ4n) is 2.78. The van der Waals surface area contributed by atoms with Crippen molar-refractivity contribution in [2.75, 3.05) is 32.7 Å². The molecule has 0 bridgehead atoms. The largest absolute Gasteiger partial charge is 0.409 e. The first-order valence-electron chi connectivity index (χ1n) is 7.66. The van der Waals surface area contributed by atoms with E-state index >= 15 is 0 Å². The number of nitrogens with two attached hydrogens (primary N) is 1. The summed E-state index contributed by atoms with van der Waals surface area (Å²) in [6.45, 7) is 9.78. The van der Waals surface area contributed by atoms with Gasteiger partial charge in [-0.1, -0.05) is 38.3 Å². The quantitative estimate of drug-likeness (QED) is 0.232. The number of nitrogens with zero attached hydrogens (tertiary/aromatic N) is 3. The molecule has 0 aromatic rings. The number of unbranched alkanes of at least 4 members (excludes halogenated alkanes) is 3. The Hall–Kier alpha value is -0.810. The molecule has 3 N–H and O–H groups in total. The Balaban J connectivity index is 2.27. The van der Waals surface area contributed by atoms with Gasteiger partial charge in [0.2, 0.25) is 0 Å². The van der Waals surface area contributed by atoms with E-state index in [9.17, 15) is 0 Å². The molecule has 0 saturated carbocycles. The fraction of sp³-hybridized carbons (Fsp3) is 0.929. The molecule has 0 aliphatic carbocycles. The Morgan fingerprint density at radius 1 is 1.16 bits per heavy atom. The molecule has 112 valence electrons. The number of rotatable bonds is 8. The number of hydrogen-bond donors (Lipinski definition) is 2. The lowest BCUT2D eigenvalue weighted by Gasteiger charge is -2.38. The van der Waals surface area contributed by atoms with E-state index in [1.165, 1.54) is 32.2 Å². The number of amidine groups is 1. The molecule has 5 heteroatoms. The van der Waals surface area contributed by atoms with Gasteiger partial charge in [-0.05, 0) is 19.4 Å². The van der Waals surface area contributed by atoms with Gasteiger partial charge in [-0.3, -0.25) is 4.90 Å². The summed E-state index contributed by atoms with van der Waals surface area (Å²) in [5.74, 6) is 0.346. The van der Waals surface area contributed by atoms with Crippen molar-refractivity contribution in [3.63, 3.8) is 0 Å². The lowest BCUT2D eigenvalue weighted by Crippen LogP contribution is -2.54. The smallest absolute Gasteiger partial charge is 0.156 e. The van der Waals surface area contributed by atoms with Crippen molar-refractivity contribution >= 4 is 5.84 Å². The molecule has 0 radical (unpaired) electrons. The normalized spacial score (nSPS) is 20.6. The van der Waals surface area contributed by atoms with Crippen LogP contribution in [0.3, 0.4) is 0 Å². The van der Waals surface area contributed by atoms with Gasteiger partial charge in [0.25, 0.3) is 0 Å². The highest BCUT2D eigenvalue weighted by molar-refractivity contribution is 5.85. The van der Waals surface area contributed by atoms with Gasteiger partial charge in [-0.25, -0.2) is 0 Å². The second kappa shape index (κ2) is 9.15. The molecular formula is C14H30N4O. The van der Waals surface area contributed by atoms with Crippen molar-refractivity contribution in [1.82, 2.24) is 9.80 Å². The van der Waals surface area contributed by atoms with Crippen molar-refractivity contribution in [3.8, 4) is 0 Å². The summed E-state index contributed by atoms with van der Waals surface area (Å²) in [5, 5.41) is 12.0. The predicted molar refractivity (Wildman–Crippen MR) is 79.6 cm³/mol. The van der Waals surface area contributed by atoms with E-state index in [-0.39, 0.29) is 6.04 Å². The summed E-state index contributed by atoms with van der Waals surface area (Å²) in [4.78, 5) is 4.86. The molecule has 0 aromatic heterocycles. The van der Waals surface area contributed by atoms with E-state index in [0.717, 1.165) is 32.6 Å². The Bertz CT molecular complexity index is 262. The van der Waals surface area contributed by atoms with E-state index < -0.39 is 0 Å². The monoisotopic (exact) mass is 270 g/mol. The van der Waals surface area contributed by atoms with Crippen molar-refractivity contribution in [3.05, 3.63) is 0 Å². The fourth-order valence-corrected chi connectivity index (χ4v) is 2.78. The zero-order valence-corrected chi connectivity index (χ0v) is 12.5. The molecular weight excluding hydrogens is 240 g/mol. The number of piperazine rings is 1. The van der Waals surface area contributed by atoms with E-state index in [0.29, 0.717) is 5.84 Å². The molecule has 1 heterocycles. The van der Waals surface area contributed by atoms with Crippen LogP contribution in [-0.4, -0.2) is 59.6 Å². The summed E-state index contributed by atoms with van der Waals surface area (Å²) in [6.07, 6.45) is 6.20. The third-order valence-electron chi connectivity index (χ3n) is 4.02. The predicted octanol–water partition coefficient (Wildman–Crippen LogP) is 1.71. The van der Waals surface area contributed by atoms with Crippen molar-refractivity contribution in [1.29, 1.82) is 0 Å². The molecule has 1 rings (SSSR count). The van der Waals surface area contributed by atoms with Gasteiger partial charge in [-0.2, -0.15) is 0 Å². The van der Waals surface area contributed by atoms with Crippen LogP contribution in [0, 0.1) is 0 Å². The second-order valence-electron chi connectivity index (χ2n) is 5.39. The van der Waals surface area contributed by atoms with Crippen LogP contribution < -0.4 is 5.73 Å². The van der Waals surface area contributed by atoms with E-state index in [1.54, 1.807) is 0 Å². The molecule has 1 aliphatic rings. The average Bonchev–Trinajstić information content (AvgIpc) is 2.45. The first-order valence-corrected chi connectivity index (χ1v) is 7.66. The molecule has 5 nitrogen and oxygen atoms in total. The number of hydrogen-bond acceptors (Lipinski definition) is 4. The van der Waals surface area contributed by atoms with Crippen molar-refractivity contribution in [2.24, 2.45) is 10.9 Å². The summed E-state index contributed by atoms with van der Waals surface area (Å²) >= 11 is 0. The lowest BCUT2D eigenvalue weighted by molar-refractivity contribution is 0.113. The third-order valence-corrected chi connectivity index (χ3v) is 4.02. The van der Waals surface area contributed by atoms with Crippen LogP contribution >= 0.6 is 0 Å². The van der Waals surface area contributed by atoms with E-state index in [4.69, 9.17) is 10.9 Å². The maximum atomic E-state index is 8.81. The van der Waals surface area contributed by atoms with E-state index in [2.05, 4.69) is 28.8 Å². The molecule has 0 aromatic carbocycles. The van der Waals surface area contributed by atoms with Gasteiger partial charge in [0, 0.05) is 26.2 Å². The third kappa shape index (κ3) is 5.37. The number of oxime groups is 1. The van der Waals surface area contributed by atoms with Gasteiger partial charge < -0.3 is 15.8 Å². The minimum Gasteiger partial charge on any atom is -0.409 e. The minimum absolute atomic E-state index is 0.0900. The minimum atomic E-state index is 0.0900. The van der Waals surface area contributed by atoms with Crippen LogP contribution in [0.5, 0.6) is 0 Å². The topological polar surface area (TPSA) is 65.1 Å². The first kappa shape index (κ1) is 16.2. The molecule has 19 heavy (non-hydrogen) atoms. The molecule has 1 atom stereocenters. The standard InChI is InChI=1S/C14H30N4O/c1-3-5-6-7-8-17-9-11-18(12-10-17)13(4-2)14(15)16-19/h13,19H,3-12H2,1-2H3,(H2,15,16). The highest BCUT2D eigenvalue weighted by Crippen LogP contribution is 2.11. The highest BCUT2D eigenvalue weighted by Gasteiger charge is 2.25. The van der Waals surface area contributed by atoms with Crippen LogP contribution in [0.4, 0.5) is 0 Å². The zero-order chi connectivity index (χ0) is 14.1. The highest BCUT2D eigenvalue weighted by atomic mass is 16.4. The first-order chi connectivity index (χ1) is 9.22. The Kier molecular flexibility index (Phi) is 7.82. The molecule has 1 unspecified atom stereocenters. The van der Waals surface area contributed by atoms with Gasteiger partial charge in [0.05, 0.1) is 6.04 Å². The molecule has 1 saturated heterocycles. The van der Waals surface area contributed by atoms with Crippen LogP contribution in [0.2, 0.25) is 0 Å². The van der Waals surface area contributed by atoms with Gasteiger partial charge >= 0.3 is 0 Å². The second-order valence-corrected chi connectivity index (χ2v) is 5.39. The lowest BCUT2D eigenvalue weighted by atomic mass is 10.1. The van der Waals surface area contributed by atoms with Gasteiger partial charge in [-0.15, -0.1) is 0 Å². The van der Waals surface area contributed by atoms with Crippen molar-refractivity contribution < 1.29 is 5.21 Å². The Morgan fingerprint density at radius 2 is 1.84 bits per heavy atom. The molecule has 1 aliphatic heterocycles. The van der Waals surface area contributed by atoms with E-state index in [1.807, 2.05) is 0 Å². The summed E-state index contributed by atoms with van der Waals surface area (Å²) in [5.41, 5.74) is 5.75. The summed E-state index contributed by atoms with van der Waals surface area (Å²) in [7, 11) is 0. The summed E-state index contributed by atoms with van der Waals surface area (Å²) < 4.78 is 0. The summed E-state index contributed by atoms with van der Waals surface area (Å²) in [6, 6.07) is 0.0900. The SMILES string of the molecule is CCCCCCN1CCN(C(CC)C(N)=NO)CC1. The molecule has 0 spiro atoms. The van der Waals surface area contributed by atoms with Crippen LogP contribution in [0.25, 0.3) is 0 Å². The molecule has 0 amide bonds.